The van der Waals surface area contributed by atoms with Crippen molar-refractivity contribution < 1.29 is 0 Å². The fourth-order valence-electron chi connectivity index (χ4n) is 3.38. The summed E-state index contributed by atoms with van der Waals surface area (Å²) in [6.45, 7) is 6.39. The molecule has 1 aliphatic carbocycles. The Morgan fingerprint density at radius 3 is 2.90 bits per heavy atom. The van der Waals surface area contributed by atoms with E-state index in [4.69, 9.17) is 16.6 Å². The van der Waals surface area contributed by atoms with Crippen molar-refractivity contribution in [3.63, 3.8) is 0 Å². The topological polar surface area (TPSA) is 30.7 Å². The Hall–Kier alpha value is -1.09. The molecule has 3 atom stereocenters. The standard InChI is InChI=1S/C16H22ClN3/c1-10-5-4-6-13(7-10)20-15(12(3)17)19-14-8-11(2)9-18-16(14)20/h8-10,12-13H,4-7H2,1-3H3. The number of aryl methyl sites for hydroxylation is 1. The van der Waals surface area contributed by atoms with Gasteiger partial charge in [0.25, 0.3) is 0 Å². The van der Waals surface area contributed by atoms with Gasteiger partial charge in [-0.3, -0.25) is 0 Å². The van der Waals surface area contributed by atoms with Gasteiger partial charge in [0.1, 0.15) is 11.3 Å². The normalized spacial score (nSPS) is 25.0. The zero-order valence-corrected chi connectivity index (χ0v) is 13.2. The smallest absolute Gasteiger partial charge is 0.160 e. The Morgan fingerprint density at radius 2 is 2.20 bits per heavy atom. The summed E-state index contributed by atoms with van der Waals surface area (Å²) in [6, 6.07) is 2.60. The van der Waals surface area contributed by atoms with Crippen LogP contribution >= 0.6 is 11.6 Å². The number of imidazole rings is 1. The Kier molecular flexibility index (Phi) is 3.72. The van der Waals surface area contributed by atoms with Crippen molar-refractivity contribution in [2.75, 3.05) is 0 Å². The molecule has 2 heterocycles. The minimum atomic E-state index is -0.0817. The number of hydrogen-bond donors (Lipinski definition) is 0. The number of aromatic nitrogens is 3. The van der Waals surface area contributed by atoms with Crippen LogP contribution in [0.1, 0.15) is 62.3 Å². The van der Waals surface area contributed by atoms with Gasteiger partial charge in [-0.25, -0.2) is 9.97 Å². The lowest BCUT2D eigenvalue weighted by molar-refractivity contribution is 0.281. The molecule has 3 unspecified atom stereocenters. The molecule has 3 nitrogen and oxygen atoms in total. The molecule has 0 bridgehead atoms. The third-order valence-corrected chi connectivity index (χ3v) is 4.52. The molecule has 0 N–H and O–H groups in total. The van der Waals surface area contributed by atoms with E-state index in [1.807, 2.05) is 13.1 Å². The molecule has 0 radical (unpaired) electrons. The quantitative estimate of drug-likeness (QED) is 0.745. The maximum absolute atomic E-state index is 6.36. The first kappa shape index (κ1) is 13.9. The summed E-state index contributed by atoms with van der Waals surface area (Å²) in [4.78, 5) is 9.37. The average Bonchev–Trinajstić information content (AvgIpc) is 2.77. The van der Waals surface area contributed by atoms with Crippen LogP contribution in [0.3, 0.4) is 0 Å². The lowest BCUT2D eigenvalue weighted by atomic mass is 9.87. The summed E-state index contributed by atoms with van der Waals surface area (Å²) in [6.07, 6.45) is 6.96. The molecule has 20 heavy (non-hydrogen) atoms. The number of alkyl halides is 1. The van der Waals surface area contributed by atoms with Gasteiger partial charge in [0, 0.05) is 12.2 Å². The third kappa shape index (κ3) is 2.44. The molecule has 0 saturated heterocycles. The number of hydrogen-bond acceptors (Lipinski definition) is 2. The highest BCUT2D eigenvalue weighted by Gasteiger charge is 2.26. The number of rotatable bonds is 2. The number of nitrogens with zero attached hydrogens (tertiary/aromatic N) is 3. The van der Waals surface area contributed by atoms with E-state index in [-0.39, 0.29) is 5.38 Å². The molecule has 2 aromatic heterocycles. The summed E-state index contributed by atoms with van der Waals surface area (Å²) < 4.78 is 2.31. The third-order valence-electron chi connectivity index (χ3n) is 4.32. The fourth-order valence-corrected chi connectivity index (χ4v) is 3.53. The van der Waals surface area contributed by atoms with Gasteiger partial charge in [0.05, 0.1) is 5.38 Å². The lowest BCUT2D eigenvalue weighted by Gasteiger charge is -2.29. The highest BCUT2D eigenvalue weighted by molar-refractivity contribution is 6.20. The molecule has 1 saturated carbocycles. The Morgan fingerprint density at radius 1 is 1.40 bits per heavy atom. The molecule has 4 heteroatoms. The predicted octanol–water partition coefficient (Wildman–Crippen LogP) is 4.79. The van der Waals surface area contributed by atoms with Crippen LogP contribution in [-0.4, -0.2) is 14.5 Å². The van der Waals surface area contributed by atoms with Crippen LogP contribution < -0.4 is 0 Å². The summed E-state index contributed by atoms with van der Waals surface area (Å²) >= 11 is 6.36. The first-order valence-electron chi connectivity index (χ1n) is 7.55. The van der Waals surface area contributed by atoms with Crippen molar-refractivity contribution in [2.45, 2.75) is 57.9 Å². The van der Waals surface area contributed by atoms with E-state index >= 15 is 0 Å². The van der Waals surface area contributed by atoms with Crippen LogP contribution in [0.5, 0.6) is 0 Å². The van der Waals surface area contributed by atoms with Gasteiger partial charge in [-0.15, -0.1) is 11.6 Å². The van der Waals surface area contributed by atoms with Crippen LogP contribution in [0.2, 0.25) is 0 Å². The summed E-state index contributed by atoms with van der Waals surface area (Å²) in [5.41, 5.74) is 3.12. The molecule has 2 aromatic rings. The van der Waals surface area contributed by atoms with E-state index in [0.29, 0.717) is 6.04 Å². The maximum atomic E-state index is 6.36. The Balaban J connectivity index is 2.13. The highest BCUT2D eigenvalue weighted by atomic mass is 35.5. The zero-order chi connectivity index (χ0) is 14.3. The highest BCUT2D eigenvalue weighted by Crippen LogP contribution is 2.37. The van der Waals surface area contributed by atoms with Gasteiger partial charge in [0.15, 0.2) is 5.65 Å². The van der Waals surface area contributed by atoms with Gasteiger partial charge in [-0.05, 0) is 44.2 Å². The molecule has 0 amide bonds. The van der Waals surface area contributed by atoms with Gasteiger partial charge in [-0.2, -0.15) is 0 Å². The first-order valence-corrected chi connectivity index (χ1v) is 7.98. The van der Waals surface area contributed by atoms with E-state index in [9.17, 15) is 0 Å². The first-order chi connectivity index (χ1) is 9.56. The molecule has 108 valence electrons. The summed E-state index contributed by atoms with van der Waals surface area (Å²) in [5.74, 6) is 1.74. The number of fused-ring (bicyclic) bond motifs is 1. The molecule has 0 aliphatic heterocycles. The Bertz CT molecular complexity index is 617. The second-order valence-corrected chi connectivity index (χ2v) is 6.89. The van der Waals surface area contributed by atoms with Gasteiger partial charge >= 0.3 is 0 Å². The van der Waals surface area contributed by atoms with Crippen LogP contribution in [0, 0.1) is 12.8 Å². The zero-order valence-electron chi connectivity index (χ0n) is 12.4. The maximum Gasteiger partial charge on any atom is 0.160 e. The summed E-state index contributed by atoms with van der Waals surface area (Å²) in [5, 5.41) is -0.0817. The second-order valence-electron chi connectivity index (χ2n) is 6.24. The van der Waals surface area contributed by atoms with E-state index in [1.165, 1.54) is 25.7 Å². The second kappa shape index (κ2) is 5.36. The van der Waals surface area contributed by atoms with Crippen molar-refractivity contribution >= 4 is 22.8 Å². The van der Waals surface area contributed by atoms with Crippen LogP contribution in [0.15, 0.2) is 12.3 Å². The predicted molar refractivity (Wildman–Crippen MR) is 83.2 cm³/mol. The van der Waals surface area contributed by atoms with Crippen molar-refractivity contribution in [2.24, 2.45) is 5.92 Å². The van der Waals surface area contributed by atoms with Crippen molar-refractivity contribution in [1.82, 2.24) is 14.5 Å². The molecule has 1 aliphatic rings. The van der Waals surface area contributed by atoms with Crippen molar-refractivity contribution in [1.29, 1.82) is 0 Å². The van der Waals surface area contributed by atoms with Crippen molar-refractivity contribution in [3.8, 4) is 0 Å². The van der Waals surface area contributed by atoms with E-state index < -0.39 is 0 Å². The molecular formula is C16H22ClN3. The SMILES string of the molecule is Cc1cnc2c(c1)nc(C(C)Cl)n2C1CCCC(C)C1. The van der Waals surface area contributed by atoms with E-state index in [2.05, 4.69) is 29.5 Å². The van der Waals surface area contributed by atoms with Crippen LogP contribution in [0.4, 0.5) is 0 Å². The van der Waals surface area contributed by atoms with Crippen molar-refractivity contribution in [3.05, 3.63) is 23.7 Å². The fraction of sp³-hybridized carbons (Fsp3) is 0.625. The average molecular weight is 292 g/mol. The van der Waals surface area contributed by atoms with E-state index in [1.54, 1.807) is 0 Å². The molecule has 3 rings (SSSR count). The Labute approximate surface area is 125 Å². The molecule has 1 fully saturated rings. The molecule has 0 spiro atoms. The number of halogens is 1. The van der Waals surface area contributed by atoms with Crippen LogP contribution in [-0.2, 0) is 0 Å². The monoisotopic (exact) mass is 291 g/mol. The van der Waals surface area contributed by atoms with Crippen LogP contribution in [0.25, 0.3) is 11.2 Å². The molecular weight excluding hydrogens is 270 g/mol. The lowest BCUT2D eigenvalue weighted by Crippen LogP contribution is -2.20. The minimum absolute atomic E-state index is 0.0817. The van der Waals surface area contributed by atoms with Gasteiger partial charge < -0.3 is 4.57 Å². The number of pyridine rings is 1. The van der Waals surface area contributed by atoms with Gasteiger partial charge in [0.2, 0.25) is 0 Å². The minimum Gasteiger partial charge on any atom is -0.308 e. The van der Waals surface area contributed by atoms with E-state index in [0.717, 1.165) is 28.5 Å². The molecule has 0 aromatic carbocycles. The largest absolute Gasteiger partial charge is 0.308 e. The summed E-state index contributed by atoms with van der Waals surface area (Å²) in [7, 11) is 0. The van der Waals surface area contributed by atoms with Gasteiger partial charge in [-0.1, -0.05) is 19.8 Å².